The van der Waals surface area contributed by atoms with Crippen molar-refractivity contribution in [3.63, 3.8) is 0 Å². The van der Waals surface area contributed by atoms with Crippen LogP contribution in [-0.2, 0) is 11.2 Å². The van der Waals surface area contributed by atoms with Crippen LogP contribution in [0.25, 0.3) is 0 Å². The number of aromatic amines is 1. The minimum absolute atomic E-state index is 0.00120. The van der Waals surface area contributed by atoms with Crippen LogP contribution in [0.1, 0.15) is 22.0 Å². The lowest BCUT2D eigenvalue weighted by molar-refractivity contribution is -0.120. The average Bonchev–Trinajstić information content (AvgIpc) is 3.16. The number of nitrogens with zero attached hydrogens (tertiary/aromatic N) is 3. The number of amides is 2. The van der Waals surface area contributed by atoms with E-state index in [1.165, 1.54) is 17.0 Å². The predicted octanol–water partition coefficient (Wildman–Crippen LogP) is 1.69. The number of anilines is 1. The summed E-state index contributed by atoms with van der Waals surface area (Å²) in [5.74, 6) is -0.277. The minimum atomic E-state index is -0.876. The number of carbonyl (C=O) groups is 2. The molecule has 0 saturated heterocycles. The second-order valence-corrected chi connectivity index (χ2v) is 6.61. The van der Waals surface area contributed by atoms with Gasteiger partial charge < -0.3 is 15.0 Å². The van der Waals surface area contributed by atoms with Gasteiger partial charge in [-0.15, -0.1) is 5.10 Å². The van der Waals surface area contributed by atoms with Gasteiger partial charge in [-0.2, -0.15) is 0 Å². The molecule has 1 aliphatic rings. The maximum atomic E-state index is 13.0. The van der Waals surface area contributed by atoms with E-state index in [-0.39, 0.29) is 24.2 Å². The topological polar surface area (TPSA) is 100 Å². The Hall–Kier alpha value is -3.75. The van der Waals surface area contributed by atoms with Gasteiger partial charge in [0.2, 0.25) is 5.82 Å². The Morgan fingerprint density at radius 1 is 1.28 bits per heavy atom. The number of benzene rings is 2. The van der Waals surface area contributed by atoms with Crippen molar-refractivity contribution < 1.29 is 18.7 Å². The third kappa shape index (κ3) is 3.93. The van der Waals surface area contributed by atoms with Gasteiger partial charge in [0.15, 0.2) is 0 Å². The first-order chi connectivity index (χ1) is 14.0. The van der Waals surface area contributed by atoms with E-state index in [4.69, 9.17) is 4.74 Å². The number of para-hydroxylation sites is 2. The Labute approximate surface area is 165 Å². The van der Waals surface area contributed by atoms with Crippen LogP contribution < -0.4 is 15.0 Å². The fourth-order valence-electron chi connectivity index (χ4n) is 3.05. The molecule has 148 valence electrons. The first-order valence-electron chi connectivity index (χ1n) is 8.97. The Morgan fingerprint density at radius 2 is 2.03 bits per heavy atom. The molecule has 4 rings (SSSR count). The Morgan fingerprint density at radius 3 is 2.83 bits per heavy atom. The van der Waals surface area contributed by atoms with Crippen LogP contribution in [0.15, 0.2) is 48.5 Å². The molecule has 8 nitrogen and oxygen atoms in total. The molecular formula is C20H18FN5O3. The molecule has 1 aliphatic heterocycles. The van der Waals surface area contributed by atoms with Crippen LogP contribution in [-0.4, -0.2) is 46.7 Å². The van der Waals surface area contributed by atoms with Crippen molar-refractivity contribution in [3.8, 4) is 5.75 Å². The molecule has 0 fully saturated rings. The summed E-state index contributed by atoms with van der Waals surface area (Å²) in [6, 6.07) is 12.2. The van der Waals surface area contributed by atoms with Crippen molar-refractivity contribution >= 4 is 17.5 Å². The molecule has 1 aromatic heterocycles. The first-order valence-corrected chi connectivity index (χ1v) is 8.97. The number of rotatable bonds is 4. The minimum Gasteiger partial charge on any atom is -0.489 e. The second kappa shape index (κ2) is 7.70. The summed E-state index contributed by atoms with van der Waals surface area (Å²) < 4.78 is 18.7. The van der Waals surface area contributed by atoms with Crippen LogP contribution in [0.3, 0.4) is 0 Å². The molecule has 0 aliphatic carbocycles. The second-order valence-electron chi connectivity index (χ2n) is 6.61. The van der Waals surface area contributed by atoms with Crippen LogP contribution >= 0.6 is 0 Å². The maximum absolute atomic E-state index is 13.0. The lowest BCUT2D eigenvalue weighted by Crippen LogP contribution is -2.49. The van der Waals surface area contributed by atoms with E-state index in [1.54, 1.807) is 37.4 Å². The number of H-pyrrole nitrogens is 1. The molecule has 0 radical (unpaired) electrons. The number of hydrogen-bond acceptors (Lipinski definition) is 5. The number of halogens is 1. The summed E-state index contributed by atoms with van der Waals surface area (Å²) in [6.45, 7) is -0.00120. The number of carbonyl (C=O) groups excluding carboxylic acids is 2. The fourth-order valence-corrected chi connectivity index (χ4v) is 3.05. The molecule has 0 bridgehead atoms. The molecule has 0 unspecified atom stereocenters. The van der Waals surface area contributed by atoms with Crippen molar-refractivity contribution in [2.24, 2.45) is 0 Å². The van der Waals surface area contributed by atoms with Crippen molar-refractivity contribution in [1.82, 2.24) is 20.5 Å². The first kappa shape index (κ1) is 18.6. The van der Waals surface area contributed by atoms with Gasteiger partial charge in [-0.1, -0.05) is 24.3 Å². The molecule has 29 heavy (non-hydrogen) atoms. The largest absolute Gasteiger partial charge is 0.489 e. The molecule has 2 heterocycles. The SMILES string of the molecule is CN1C(=O)[C@@H](NC(=O)c2n[nH]c(Cc3ccc(F)cc3)n2)COc2ccccc21. The van der Waals surface area contributed by atoms with Crippen molar-refractivity contribution in [2.45, 2.75) is 12.5 Å². The van der Waals surface area contributed by atoms with Gasteiger partial charge in [0.05, 0.1) is 5.69 Å². The highest BCUT2D eigenvalue weighted by Gasteiger charge is 2.31. The normalized spacial score (nSPS) is 16.0. The summed E-state index contributed by atoms with van der Waals surface area (Å²) in [6.07, 6.45) is 0.365. The van der Waals surface area contributed by atoms with E-state index in [0.29, 0.717) is 23.7 Å². The summed E-state index contributed by atoms with van der Waals surface area (Å²) in [4.78, 5) is 30.8. The van der Waals surface area contributed by atoms with E-state index in [0.717, 1.165) is 5.56 Å². The van der Waals surface area contributed by atoms with Gasteiger partial charge in [-0.25, -0.2) is 9.37 Å². The molecule has 0 spiro atoms. The van der Waals surface area contributed by atoms with Crippen LogP contribution in [0.4, 0.5) is 10.1 Å². The zero-order chi connectivity index (χ0) is 20.4. The van der Waals surface area contributed by atoms with Crippen LogP contribution in [0.2, 0.25) is 0 Å². The summed E-state index contributed by atoms with van der Waals surface area (Å²) in [5.41, 5.74) is 1.45. The number of aromatic nitrogens is 3. The number of nitrogens with one attached hydrogen (secondary N) is 2. The third-order valence-electron chi connectivity index (χ3n) is 4.59. The number of ether oxygens (including phenoxy) is 1. The van der Waals surface area contributed by atoms with Gasteiger partial charge in [0.1, 0.15) is 30.0 Å². The molecule has 9 heteroatoms. The smallest absolute Gasteiger partial charge is 0.291 e. The molecule has 2 amide bonds. The van der Waals surface area contributed by atoms with Crippen molar-refractivity contribution in [2.75, 3.05) is 18.6 Å². The Bertz CT molecular complexity index is 1050. The van der Waals surface area contributed by atoms with Crippen molar-refractivity contribution in [3.05, 3.63) is 71.6 Å². The monoisotopic (exact) mass is 395 g/mol. The third-order valence-corrected chi connectivity index (χ3v) is 4.59. The zero-order valence-corrected chi connectivity index (χ0v) is 15.6. The van der Waals surface area contributed by atoms with Gasteiger partial charge >= 0.3 is 0 Å². The number of likely N-dealkylation sites (N-methyl/N-ethyl adjacent to an activating group) is 1. The highest BCUT2D eigenvalue weighted by atomic mass is 19.1. The predicted molar refractivity (Wildman–Crippen MR) is 102 cm³/mol. The quantitative estimate of drug-likeness (QED) is 0.700. The Kier molecular flexibility index (Phi) is 4.94. The number of hydrogen-bond donors (Lipinski definition) is 2. The standard InChI is InChI=1S/C20H18FN5O3/c1-26-15-4-2-3-5-16(15)29-11-14(20(26)28)22-19(27)18-23-17(24-25-18)10-12-6-8-13(21)9-7-12/h2-9,14H,10-11H2,1H3,(H,22,27)(H,23,24,25)/t14-/m0/s1. The van der Waals surface area contributed by atoms with E-state index >= 15 is 0 Å². The summed E-state index contributed by atoms with van der Waals surface area (Å²) >= 11 is 0. The van der Waals surface area contributed by atoms with Gasteiger partial charge in [0.25, 0.3) is 11.8 Å². The van der Waals surface area contributed by atoms with E-state index in [9.17, 15) is 14.0 Å². The Balaban J connectivity index is 1.44. The molecule has 2 N–H and O–H groups in total. The summed E-state index contributed by atoms with van der Waals surface area (Å²) in [5, 5.41) is 9.23. The average molecular weight is 395 g/mol. The summed E-state index contributed by atoms with van der Waals surface area (Å²) in [7, 11) is 1.63. The zero-order valence-electron chi connectivity index (χ0n) is 15.6. The molecule has 2 aromatic carbocycles. The lowest BCUT2D eigenvalue weighted by atomic mass is 10.1. The van der Waals surface area contributed by atoms with Gasteiger partial charge in [-0.3, -0.25) is 14.7 Å². The van der Waals surface area contributed by atoms with E-state index < -0.39 is 11.9 Å². The van der Waals surface area contributed by atoms with Crippen molar-refractivity contribution in [1.29, 1.82) is 0 Å². The molecule has 0 saturated carbocycles. The number of fused-ring (bicyclic) bond motifs is 1. The highest BCUT2D eigenvalue weighted by molar-refractivity contribution is 6.02. The van der Waals surface area contributed by atoms with Gasteiger partial charge in [0, 0.05) is 13.5 Å². The van der Waals surface area contributed by atoms with Crippen LogP contribution in [0.5, 0.6) is 5.75 Å². The lowest BCUT2D eigenvalue weighted by Gasteiger charge is -2.19. The maximum Gasteiger partial charge on any atom is 0.291 e. The molecular weight excluding hydrogens is 377 g/mol. The molecule has 3 aromatic rings. The highest BCUT2D eigenvalue weighted by Crippen LogP contribution is 2.29. The van der Waals surface area contributed by atoms with E-state index in [1.807, 2.05) is 6.07 Å². The van der Waals surface area contributed by atoms with Crippen LogP contribution in [0, 0.1) is 5.82 Å². The van der Waals surface area contributed by atoms with E-state index in [2.05, 4.69) is 20.5 Å². The molecule has 1 atom stereocenters. The fraction of sp³-hybridized carbons (Fsp3) is 0.200. The van der Waals surface area contributed by atoms with Gasteiger partial charge in [-0.05, 0) is 29.8 Å².